The van der Waals surface area contributed by atoms with Gasteiger partial charge in [0.25, 0.3) is 0 Å². The molecule has 0 saturated carbocycles. The van der Waals surface area contributed by atoms with Gasteiger partial charge in [-0.25, -0.2) is 14.2 Å². The maximum atomic E-state index is 13.1. The number of nitrogens with one attached hydrogen (secondary N) is 1. The number of halogens is 1. The summed E-state index contributed by atoms with van der Waals surface area (Å²) in [6.45, 7) is 4.62. The number of aliphatic hydroxyl groups is 1. The lowest BCUT2D eigenvalue weighted by molar-refractivity contribution is 0.121. The molecule has 2 aromatic carbocycles. The largest absolute Gasteiger partial charge is 0.387 e. The average Bonchev–Trinajstić information content (AvgIpc) is 3.23. The Morgan fingerprint density at radius 1 is 1.14 bits per heavy atom. The van der Waals surface area contributed by atoms with E-state index >= 15 is 0 Å². The number of benzene rings is 2. The molecule has 0 bridgehead atoms. The van der Waals surface area contributed by atoms with Crippen LogP contribution in [0.2, 0.25) is 0 Å². The zero-order valence-corrected chi connectivity index (χ0v) is 17.2. The van der Waals surface area contributed by atoms with Crippen molar-refractivity contribution in [3.63, 3.8) is 0 Å². The SMILES string of the molecule is CC(C)CN(C[C@H](O)c1ccc(F)cc1)C(=O)Nc1ccc(-c2nccs2)cc1. The summed E-state index contributed by atoms with van der Waals surface area (Å²) in [4.78, 5) is 18.7. The summed E-state index contributed by atoms with van der Waals surface area (Å²) < 4.78 is 13.1. The van der Waals surface area contributed by atoms with Crippen LogP contribution in [0.3, 0.4) is 0 Å². The first-order valence-corrected chi connectivity index (χ1v) is 10.3. The predicted molar refractivity (Wildman–Crippen MR) is 114 cm³/mol. The van der Waals surface area contributed by atoms with E-state index < -0.39 is 6.10 Å². The van der Waals surface area contributed by atoms with Crippen molar-refractivity contribution in [3.05, 3.63) is 71.5 Å². The van der Waals surface area contributed by atoms with Crippen LogP contribution in [-0.2, 0) is 0 Å². The van der Waals surface area contributed by atoms with Gasteiger partial charge >= 0.3 is 6.03 Å². The van der Waals surface area contributed by atoms with Gasteiger partial charge in [0.1, 0.15) is 10.8 Å². The Kier molecular flexibility index (Phi) is 6.95. The number of hydrogen-bond donors (Lipinski definition) is 2. The molecular weight excluding hydrogens is 389 g/mol. The van der Waals surface area contributed by atoms with Gasteiger partial charge in [-0.15, -0.1) is 11.3 Å². The van der Waals surface area contributed by atoms with Gasteiger partial charge in [0, 0.05) is 29.4 Å². The zero-order valence-electron chi connectivity index (χ0n) is 16.4. The van der Waals surface area contributed by atoms with Crippen LogP contribution in [-0.4, -0.2) is 34.1 Å². The van der Waals surface area contributed by atoms with Crippen molar-refractivity contribution in [3.8, 4) is 10.6 Å². The van der Waals surface area contributed by atoms with E-state index in [9.17, 15) is 14.3 Å². The Bertz CT molecular complexity index is 912. The minimum absolute atomic E-state index is 0.118. The van der Waals surface area contributed by atoms with Gasteiger partial charge in [0.05, 0.1) is 12.6 Å². The van der Waals surface area contributed by atoms with Gasteiger partial charge in [-0.05, 0) is 47.9 Å². The van der Waals surface area contributed by atoms with Crippen LogP contribution in [0.4, 0.5) is 14.9 Å². The van der Waals surface area contributed by atoms with Crippen molar-refractivity contribution in [2.24, 2.45) is 5.92 Å². The quantitative estimate of drug-likeness (QED) is 0.561. The Hall–Kier alpha value is -2.77. The molecular formula is C22H24FN3O2S. The molecule has 3 rings (SSSR count). The molecule has 1 heterocycles. The monoisotopic (exact) mass is 413 g/mol. The van der Waals surface area contributed by atoms with E-state index in [1.54, 1.807) is 22.4 Å². The lowest BCUT2D eigenvalue weighted by Crippen LogP contribution is -2.40. The molecule has 0 saturated heterocycles. The highest BCUT2D eigenvalue weighted by atomic mass is 32.1. The lowest BCUT2D eigenvalue weighted by Gasteiger charge is -2.27. The summed E-state index contributed by atoms with van der Waals surface area (Å²) in [6, 6.07) is 12.9. The average molecular weight is 414 g/mol. The van der Waals surface area contributed by atoms with Crippen LogP contribution in [0.5, 0.6) is 0 Å². The van der Waals surface area contributed by atoms with Gasteiger partial charge < -0.3 is 15.3 Å². The van der Waals surface area contributed by atoms with E-state index in [0.717, 1.165) is 10.6 Å². The highest BCUT2D eigenvalue weighted by Gasteiger charge is 2.20. The fourth-order valence-corrected chi connectivity index (χ4v) is 3.59. The molecule has 2 N–H and O–H groups in total. The Morgan fingerprint density at radius 2 is 1.83 bits per heavy atom. The van der Waals surface area contributed by atoms with E-state index in [2.05, 4.69) is 10.3 Å². The summed E-state index contributed by atoms with van der Waals surface area (Å²) in [6.07, 6.45) is 0.860. The second-order valence-electron chi connectivity index (χ2n) is 7.21. The van der Waals surface area contributed by atoms with Gasteiger partial charge in [-0.1, -0.05) is 26.0 Å². The smallest absolute Gasteiger partial charge is 0.321 e. The molecule has 0 unspecified atom stereocenters. The fourth-order valence-electron chi connectivity index (χ4n) is 2.94. The van der Waals surface area contributed by atoms with Crippen LogP contribution < -0.4 is 5.32 Å². The minimum Gasteiger partial charge on any atom is -0.387 e. The van der Waals surface area contributed by atoms with E-state index in [4.69, 9.17) is 0 Å². The number of thiazole rings is 1. The second-order valence-corrected chi connectivity index (χ2v) is 8.11. The number of amides is 2. The number of carbonyl (C=O) groups excluding carboxylic acids is 1. The molecule has 1 aromatic heterocycles. The van der Waals surface area contributed by atoms with Crippen LogP contribution in [0, 0.1) is 11.7 Å². The van der Waals surface area contributed by atoms with Crippen molar-refractivity contribution in [1.82, 2.24) is 9.88 Å². The zero-order chi connectivity index (χ0) is 20.8. The van der Waals surface area contributed by atoms with Crippen LogP contribution in [0.25, 0.3) is 10.6 Å². The first kappa shape index (κ1) is 21.0. The molecule has 5 nitrogen and oxygen atoms in total. The van der Waals surface area contributed by atoms with E-state index in [-0.39, 0.29) is 24.3 Å². The number of carbonyl (C=O) groups is 1. The molecule has 152 valence electrons. The third-order valence-corrected chi connectivity index (χ3v) is 5.16. The topological polar surface area (TPSA) is 65.5 Å². The number of aliphatic hydroxyl groups excluding tert-OH is 1. The number of hydrogen-bond acceptors (Lipinski definition) is 4. The summed E-state index contributed by atoms with van der Waals surface area (Å²) >= 11 is 1.56. The highest BCUT2D eigenvalue weighted by molar-refractivity contribution is 7.13. The molecule has 0 aliphatic carbocycles. The molecule has 3 aromatic rings. The van der Waals surface area contributed by atoms with Crippen molar-refractivity contribution < 1.29 is 14.3 Å². The minimum atomic E-state index is -0.896. The number of anilines is 1. The molecule has 7 heteroatoms. The second kappa shape index (κ2) is 9.62. The van der Waals surface area contributed by atoms with Crippen molar-refractivity contribution in [2.45, 2.75) is 20.0 Å². The summed E-state index contributed by atoms with van der Waals surface area (Å²) in [5.74, 6) is -0.132. The molecule has 0 aliphatic rings. The van der Waals surface area contributed by atoms with Crippen LogP contribution in [0.1, 0.15) is 25.5 Å². The number of nitrogens with zero attached hydrogens (tertiary/aromatic N) is 2. The first-order valence-electron chi connectivity index (χ1n) is 9.41. The summed E-state index contributed by atoms with van der Waals surface area (Å²) in [5.41, 5.74) is 2.23. The molecule has 0 aliphatic heterocycles. The predicted octanol–water partition coefficient (Wildman–Crippen LogP) is 5.17. The van der Waals surface area contributed by atoms with Gasteiger partial charge in [0.2, 0.25) is 0 Å². The highest BCUT2D eigenvalue weighted by Crippen LogP contribution is 2.23. The molecule has 29 heavy (non-hydrogen) atoms. The number of rotatable bonds is 7. The van der Waals surface area contributed by atoms with Gasteiger partial charge in [-0.3, -0.25) is 0 Å². The third-order valence-electron chi connectivity index (χ3n) is 4.34. The van der Waals surface area contributed by atoms with Crippen molar-refractivity contribution >= 4 is 23.1 Å². The normalized spacial score (nSPS) is 12.0. The van der Waals surface area contributed by atoms with Crippen LogP contribution >= 0.6 is 11.3 Å². The molecule has 0 spiro atoms. The fraction of sp³-hybridized carbons (Fsp3) is 0.273. The van der Waals surface area contributed by atoms with E-state index in [1.165, 1.54) is 24.3 Å². The molecule has 0 radical (unpaired) electrons. The van der Waals surface area contributed by atoms with E-state index in [1.807, 2.05) is 43.5 Å². The van der Waals surface area contributed by atoms with Gasteiger partial charge in [-0.2, -0.15) is 0 Å². The Labute approximate surface area is 173 Å². The Morgan fingerprint density at radius 3 is 2.41 bits per heavy atom. The maximum absolute atomic E-state index is 13.1. The van der Waals surface area contributed by atoms with Gasteiger partial charge in [0.15, 0.2) is 0 Å². The number of urea groups is 1. The third kappa shape index (κ3) is 5.85. The number of aromatic nitrogens is 1. The molecule has 1 atom stereocenters. The standard InChI is InChI=1S/C22H24FN3O2S/c1-15(2)13-26(14-20(27)16-3-7-18(23)8-4-16)22(28)25-19-9-5-17(6-10-19)21-24-11-12-29-21/h3-12,15,20,27H,13-14H2,1-2H3,(H,25,28)/t20-/m0/s1. The Balaban J connectivity index is 1.67. The molecule has 2 amide bonds. The summed E-state index contributed by atoms with van der Waals surface area (Å²) in [7, 11) is 0. The molecule has 0 fully saturated rings. The van der Waals surface area contributed by atoms with E-state index in [0.29, 0.717) is 17.8 Å². The summed E-state index contributed by atoms with van der Waals surface area (Å²) in [5, 5.41) is 16.2. The van der Waals surface area contributed by atoms with Crippen molar-refractivity contribution in [1.29, 1.82) is 0 Å². The van der Waals surface area contributed by atoms with Crippen LogP contribution in [0.15, 0.2) is 60.1 Å². The lowest BCUT2D eigenvalue weighted by atomic mass is 10.1. The maximum Gasteiger partial charge on any atom is 0.321 e. The first-order chi connectivity index (χ1) is 13.9. The van der Waals surface area contributed by atoms with Crippen molar-refractivity contribution in [2.75, 3.05) is 18.4 Å².